The maximum Gasteiger partial charge on any atom is 1.00 e. The summed E-state index contributed by atoms with van der Waals surface area (Å²) < 4.78 is 143. The molecule has 4 aromatic rings. The van der Waals surface area contributed by atoms with E-state index in [0.29, 0.717) is 24.3 Å². The van der Waals surface area contributed by atoms with Crippen LogP contribution >= 0.6 is 0 Å². The van der Waals surface area contributed by atoms with Crippen molar-refractivity contribution >= 4 is 115 Å². The van der Waals surface area contributed by atoms with Crippen molar-refractivity contribution in [3.63, 3.8) is 0 Å². The number of azo groups is 2. The van der Waals surface area contributed by atoms with Crippen LogP contribution in [0.4, 0.5) is 34.1 Å². The molecule has 0 atom stereocenters. The van der Waals surface area contributed by atoms with E-state index in [1.54, 1.807) is 0 Å². The Morgan fingerprint density at radius 3 is 1.06 bits per heavy atom. The number of hydrogen-bond acceptors (Lipinski definition) is 22. The van der Waals surface area contributed by atoms with Gasteiger partial charge in [0.1, 0.15) is 63.2 Å². The number of nitro benzene ring substituents is 2. The molecule has 0 aliphatic heterocycles. The Bertz CT molecular complexity index is 2520. The molecule has 4 aromatic carbocycles. The van der Waals surface area contributed by atoms with Gasteiger partial charge in [-0.2, -0.15) is 0 Å². The number of nitrogens with zero attached hydrogens (tertiary/aromatic N) is 6. The quantitative estimate of drug-likeness (QED) is 0.0492. The van der Waals surface area contributed by atoms with Gasteiger partial charge in [0.25, 0.3) is 11.4 Å². The van der Waals surface area contributed by atoms with E-state index in [4.69, 9.17) is 0 Å². The van der Waals surface area contributed by atoms with Crippen LogP contribution in [0, 0.1) is 20.2 Å². The van der Waals surface area contributed by atoms with Gasteiger partial charge in [0.2, 0.25) is 0 Å². The first-order valence-corrected chi connectivity index (χ1v) is 17.7. The fourth-order valence-corrected chi connectivity index (χ4v) is 6.59. The third-order valence-electron chi connectivity index (χ3n) is 6.15. The van der Waals surface area contributed by atoms with Crippen LogP contribution in [0.1, 0.15) is 0 Å². The second-order valence-corrected chi connectivity index (χ2v) is 14.7. The van der Waals surface area contributed by atoms with Crippen LogP contribution in [0.3, 0.4) is 0 Å². The number of fused-ring (bicyclic) bond motifs is 1. The van der Waals surface area contributed by atoms with E-state index in [9.17, 15) is 82.3 Å². The van der Waals surface area contributed by atoms with Crippen LogP contribution in [0.25, 0.3) is 10.8 Å². The molecule has 0 spiro atoms. The molecule has 0 aromatic heterocycles. The van der Waals surface area contributed by atoms with E-state index >= 15 is 0 Å². The Balaban J connectivity index is 0.00000702. The number of aromatic hydroxyl groups is 2. The Morgan fingerprint density at radius 1 is 0.500 bits per heavy atom. The molecule has 0 bridgehead atoms. The van der Waals surface area contributed by atoms with Crippen LogP contribution in [0.2, 0.25) is 0 Å². The van der Waals surface area contributed by atoms with Crippen molar-refractivity contribution in [2.24, 2.45) is 20.5 Å². The summed E-state index contributed by atoms with van der Waals surface area (Å²) in [4.78, 5) is 14.0. The van der Waals surface area contributed by atoms with Crippen LogP contribution in [0.15, 0.2) is 88.6 Å². The first-order chi connectivity index (χ1) is 22.8. The summed E-state index contributed by atoms with van der Waals surface area (Å²) in [6.45, 7) is 0. The molecular formula is C22H10N6Na4O18S4-. The Morgan fingerprint density at radius 2 is 0.796 bits per heavy atom. The average Bonchev–Trinajstić information content (AvgIpc) is 2.97. The van der Waals surface area contributed by atoms with Crippen LogP contribution in [0.5, 0.6) is 11.5 Å². The molecule has 54 heavy (non-hydrogen) atoms. The van der Waals surface area contributed by atoms with Crippen LogP contribution < -0.4 is 88.7 Å². The summed E-state index contributed by atoms with van der Waals surface area (Å²) >= 11 is 0. The van der Waals surface area contributed by atoms with E-state index in [1.165, 1.54) is 0 Å². The number of phenols is 2. The van der Waals surface area contributed by atoms with E-state index in [-0.39, 0.29) is 142 Å². The zero-order valence-corrected chi connectivity index (χ0v) is 38.6. The third kappa shape index (κ3) is 11.7. The maximum absolute atomic E-state index is 12.1. The van der Waals surface area contributed by atoms with Gasteiger partial charge in [0.05, 0.1) is 34.8 Å². The zero-order chi connectivity index (χ0) is 37.7. The van der Waals surface area contributed by atoms with Gasteiger partial charge in [0, 0.05) is 53.8 Å². The SMILES string of the molecule is O=[N+]([O-])c1ccc(N=Nc2c(S(=O)(=O)[O-])cc3cc(S(=O)(=O)[O-])c(N=Nc4ccc([N+](=O)[O-])cc4S(=O)(=O)[O-])c(O)c3c2O)c(S(=O)(=O)[O-])c1.[Na+].[Na+].[Na+].[Na]. The van der Waals surface area contributed by atoms with Crippen molar-refractivity contribution in [3.05, 3.63) is 68.8 Å². The second-order valence-electron chi connectivity index (χ2n) is 9.28. The molecule has 2 N–H and O–H groups in total. The monoisotopic (exact) mass is 866 g/mol. The molecule has 0 amide bonds. The largest absolute Gasteiger partial charge is 1.00 e. The van der Waals surface area contributed by atoms with Gasteiger partial charge in [-0.25, -0.2) is 33.7 Å². The zero-order valence-electron chi connectivity index (χ0n) is 27.4. The molecule has 0 unspecified atom stereocenters. The third-order valence-corrected chi connectivity index (χ3v) is 9.58. The molecule has 1 radical (unpaired) electrons. The number of hydrogen-bond donors (Lipinski definition) is 2. The molecule has 0 fully saturated rings. The molecule has 24 nitrogen and oxygen atoms in total. The first kappa shape index (κ1) is 52.4. The van der Waals surface area contributed by atoms with E-state index in [0.717, 1.165) is 0 Å². The number of non-ortho nitro benzene ring substituents is 2. The standard InChI is InChI=1S/C22H14N6O18S4.4Na/c29-21-18-9(5-16(49(41,42)43)19(21)25-23-12-3-1-10(27(31)32)7-14(12)47(35,36)37)6-17(50(44,45)46)20(22(18)30)26-24-13-4-2-11(28(33)34)8-15(13)48(38,39)40;;;;/h1-8,29-30H,(H,35,36,37)(H,38,39,40)(H,41,42,43)(H,44,45,46);;;;/q;;3*+1/p-4. The number of benzene rings is 4. The van der Waals surface area contributed by atoms with Gasteiger partial charge >= 0.3 is 88.7 Å². The average molecular weight is 867 g/mol. The molecule has 0 saturated heterocycles. The van der Waals surface area contributed by atoms with Gasteiger partial charge in [-0.1, -0.05) is 0 Å². The molecule has 32 heteroatoms. The molecule has 0 aliphatic rings. The topological polar surface area (TPSA) is 405 Å². The fourth-order valence-electron chi connectivity index (χ4n) is 4.04. The number of rotatable bonds is 10. The van der Waals surface area contributed by atoms with Crippen molar-refractivity contribution in [2.75, 3.05) is 0 Å². The van der Waals surface area contributed by atoms with Gasteiger partial charge < -0.3 is 28.4 Å². The second kappa shape index (κ2) is 19.2. The summed E-state index contributed by atoms with van der Waals surface area (Å²) in [5, 5.41) is 55.1. The minimum Gasteiger partial charge on any atom is -0.744 e. The summed E-state index contributed by atoms with van der Waals surface area (Å²) in [5.74, 6) is -3.12. The number of nitro groups is 2. The predicted octanol–water partition coefficient (Wildman–Crippen LogP) is -6.85. The van der Waals surface area contributed by atoms with Crippen molar-refractivity contribution in [1.29, 1.82) is 0 Å². The maximum atomic E-state index is 12.1. The Kier molecular flexibility index (Phi) is 18.6. The smallest absolute Gasteiger partial charge is 0.744 e. The molecule has 265 valence electrons. The van der Waals surface area contributed by atoms with Crippen LogP contribution in [-0.2, 0) is 40.5 Å². The molecule has 0 saturated carbocycles. The van der Waals surface area contributed by atoms with Gasteiger partial charge in [-0.05, 0) is 29.7 Å². The summed E-state index contributed by atoms with van der Waals surface area (Å²) in [6, 6.07) is 3.43. The normalized spacial score (nSPS) is 12.0. The summed E-state index contributed by atoms with van der Waals surface area (Å²) in [6.07, 6.45) is 0. The van der Waals surface area contributed by atoms with Gasteiger partial charge in [-0.15, -0.1) is 20.5 Å². The van der Waals surface area contributed by atoms with E-state index in [1.807, 2.05) is 0 Å². The van der Waals surface area contributed by atoms with Crippen molar-refractivity contribution in [1.82, 2.24) is 0 Å². The predicted molar refractivity (Wildman–Crippen MR) is 159 cm³/mol. The van der Waals surface area contributed by atoms with Crippen molar-refractivity contribution in [2.45, 2.75) is 19.6 Å². The fraction of sp³-hybridized carbons (Fsp3) is 0. The summed E-state index contributed by atoms with van der Waals surface area (Å²) in [7, 11) is -22.6. The van der Waals surface area contributed by atoms with Gasteiger partial charge in [0.15, 0.2) is 11.5 Å². The first-order valence-electron chi connectivity index (χ1n) is 12.1. The molecular weight excluding hydrogens is 856 g/mol. The molecule has 0 heterocycles. The number of phenolic OH excluding ortho intramolecular Hbond substituents is 2. The van der Waals surface area contributed by atoms with E-state index < -0.39 is 126 Å². The van der Waals surface area contributed by atoms with E-state index in [2.05, 4.69) is 20.5 Å². The van der Waals surface area contributed by atoms with Crippen molar-refractivity contribution < 1.29 is 161 Å². The Labute approximate surface area is 390 Å². The minimum absolute atomic E-state index is 0. The molecule has 0 aliphatic carbocycles. The molecule has 4 rings (SSSR count). The Hall–Kier alpha value is -1.62. The van der Waals surface area contributed by atoms with Crippen molar-refractivity contribution in [3.8, 4) is 11.5 Å². The van der Waals surface area contributed by atoms with Crippen LogP contribution in [-0.4, -0.2) is 101 Å². The summed E-state index contributed by atoms with van der Waals surface area (Å²) in [5.41, 5.74) is -6.63. The van der Waals surface area contributed by atoms with Gasteiger partial charge in [-0.3, -0.25) is 20.2 Å². The minimum atomic E-state index is -5.77.